The van der Waals surface area contributed by atoms with Gasteiger partial charge in [0.25, 0.3) is 0 Å². The van der Waals surface area contributed by atoms with E-state index >= 15 is 0 Å². The Balaban J connectivity index is 1.47. The van der Waals surface area contributed by atoms with Gasteiger partial charge in [0, 0.05) is 32.3 Å². The van der Waals surface area contributed by atoms with Gasteiger partial charge >= 0.3 is 6.03 Å². The molecule has 1 unspecified atom stereocenters. The number of likely N-dealkylation sites (tertiary alicyclic amines) is 1. The normalized spacial score (nSPS) is 16.7. The van der Waals surface area contributed by atoms with Crippen LogP contribution < -0.4 is 10.1 Å². The van der Waals surface area contributed by atoms with Crippen LogP contribution in [0.1, 0.15) is 25.1 Å². The fraction of sp³-hybridized carbons (Fsp3) is 0.350. The van der Waals surface area contributed by atoms with E-state index in [1.807, 2.05) is 59.8 Å². The number of para-hydroxylation sites is 2. The number of imidazole rings is 1. The van der Waals surface area contributed by atoms with Gasteiger partial charge in [-0.25, -0.2) is 14.8 Å². The summed E-state index contributed by atoms with van der Waals surface area (Å²) in [6.07, 6.45) is 2.66. The first-order chi connectivity index (χ1) is 13.2. The van der Waals surface area contributed by atoms with E-state index in [1.165, 1.54) is 0 Å². The number of nitrogens with zero attached hydrogens (tertiary/aromatic N) is 4. The first-order valence-electron chi connectivity index (χ1n) is 9.22. The zero-order valence-corrected chi connectivity index (χ0v) is 15.6. The van der Waals surface area contributed by atoms with Gasteiger partial charge in [-0.3, -0.25) is 0 Å². The van der Waals surface area contributed by atoms with Crippen molar-refractivity contribution in [3.8, 4) is 5.75 Å². The molecule has 1 aromatic carbocycles. The number of ether oxygens (including phenoxy) is 1. The third kappa shape index (κ3) is 3.32. The SMILES string of the molecule is CCOc1ccccc1NC(=O)N1CCC(c2nc3cccnc3n2C)C1. The molecule has 1 N–H and O–H groups in total. The molecule has 1 saturated heterocycles. The molecule has 7 heteroatoms. The number of benzene rings is 1. The largest absolute Gasteiger partial charge is 0.492 e. The Morgan fingerprint density at radius 2 is 2.15 bits per heavy atom. The summed E-state index contributed by atoms with van der Waals surface area (Å²) in [4.78, 5) is 23.7. The van der Waals surface area contributed by atoms with Crippen molar-refractivity contribution in [3.63, 3.8) is 0 Å². The second kappa shape index (κ2) is 7.26. The quantitative estimate of drug-likeness (QED) is 0.769. The summed E-state index contributed by atoms with van der Waals surface area (Å²) in [6.45, 7) is 3.82. The standard InChI is InChI=1S/C20H23N5O2/c1-3-27-17-9-5-4-7-15(17)23-20(26)25-12-10-14(13-25)18-22-16-8-6-11-21-19(16)24(18)2/h4-9,11,14H,3,10,12-13H2,1-2H3,(H,23,26). The summed E-state index contributed by atoms with van der Waals surface area (Å²) >= 11 is 0. The van der Waals surface area contributed by atoms with Gasteiger partial charge in [0.2, 0.25) is 0 Å². The molecule has 0 aliphatic carbocycles. The monoisotopic (exact) mass is 365 g/mol. The van der Waals surface area contributed by atoms with Gasteiger partial charge in [0.15, 0.2) is 5.65 Å². The number of aromatic nitrogens is 3. The number of aryl methyl sites for hydroxylation is 1. The van der Waals surface area contributed by atoms with Crippen LogP contribution in [-0.4, -0.2) is 45.2 Å². The predicted molar refractivity (Wildman–Crippen MR) is 104 cm³/mol. The fourth-order valence-corrected chi connectivity index (χ4v) is 3.61. The van der Waals surface area contributed by atoms with Crippen molar-refractivity contribution < 1.29 is 9.53 Å². The Morgan fingerprint density at radius 1 is 1.30 bits per heavy atom. The smallest absolute Gasteiger partial charge is 0.321 e. The Bertz CT molecular complexity index is 968. The number of carbonyl (C=O) groups excluding carboxylic acids is 1. The summed E-state index contributed by atoms with van der Waals surface area (Å²) < 4.78 is 7.62. The molecule has 140 valence electrons. The molecule has 1 fully saturated rings. The Morgan fingerprint density at radius 3 is 2.96 bits per heavy atom. The number of pyridine rings is 1. The van der Waals surface area contributed by atoms with Gasteiger partial charge in [0.1, 0.15) is 17.1 Å². The van der Waals surface area contributed by atoms with E-state index in [-0.39, 0.29) is 11.9 Å². The van der Waals surface area contributed by atoms with Gasteiger partial charge in [0.05, 0.1) is 12.3 Å². The highest BCUT2D eigenvalue weighted by Gasteiger charge is 2.31. The van der Waals surface area contributed by atoms with Crippen LogP contribution >= 0.6 is 0 Å². The third-order valence-corrected chi connectivity index (χ3v) is 4.93. The van der Waals surface area contributed by atoms with Crippen molar-refractivity contribution in [1.29, 1.82) is 0 Å². The summed E-state index contributed by atoms with van der Waals surface area (Å²) in [5.41, 5.74) is 2.46. The number of amides is 2. The predicted octanol–water partition coefficient (Wildman–Crippen LogP) is 3.39. The number of hydrogen-bond acceptors (Lipinski definition) is 4. The molecule has 0 radical (unpaired) electrons. The maximum atomic E-state index is 12.7. The van der Waals surface area contributed by atoms with Crippen LogP contribution in [0.2, 0.25) is 0 Å². The molecule has 3 aromatic rings. The van der Waals surface area contributed by atoms with Crippen LogP contribution in [0.4, 0.5) is 10.5 Å². The fourth-order valence-electron chi connectivity index (χ4n) is 3.61. The molecular formula is C20H23N5O2. The van der Waals surface area contributed by atoms with Crippen LogP contribution in [0.15, 0.2) is 42.6 Å². The highest BCUT2D eigenvalue weighted by Crippen LogP contribution is 2.30. The first kappa shape index (κ1) is 17.3. The number of hydrogen-bond donors (Lipinski definition) is 1. The highest BCUT2D eigenvalue weighted by atomic mass is 16.5. The summed E-state index contributed by atoms with van der Waals surface area (Å²) in [5, 5.41) is 2.97. The van der Waals surface area contributed by atoms with Crippen molar-refractivity contribution in [3.05, 3.63) is 48.4 Å². The highest BCUT2D eigenvalue weighted by molar-refractivity contribution is 5.91. The van der Waals surface area contributed by atoms with Crippen LogP contribution in [0, 0.1) is 0 Å². The molecule has 27 heavy (non-hydrogen) atoms. The maximum absolute atomic E-state index is 12.7. The third-order valence-electron chi connectivity index (χ3n) is 4.93. The van der Waals surface area contributed by atoms with E-state index in [9.17, 15) is 4.79 Å². The lowest BCUT2D eigenvalue weighted by Gasteiger charge is -2.19. The van der Waals surface area contributed by atoms with E-state index in [2.05, 4.69) is 10.3 Å². The lowest BCUT2D eigenvalue weighted by Crippen LogP contribution is -2.33. The number of carbonyl (C=O) groups is 1. The zero-order chi connectivity index (χ0) is 18.8. The summed E-state index contributed by atoms with van der Waals surface area (Å²) in [6, 6.07) is 11.2. The van der Waals surface area contributed by atoms with E-state index in [4.69, 9.17) is 9.72 Å². The molecule has 1 aliphatic heterocycles. The molecule has 0 saturated carbocycles. The molecule has 0 bridgehead atoms. The lowest BCUT2D eigenvalue weighted by atomic mass is 10.1. The number of fused-ring (bicyclic) bond motifs is 1. The summed E-state index contributed by atoms with van der Waals surface area (Å²) in [5.74, 6) is 1.87. The molecule has 1 atom stereocenters. The topological polar surface area (TPSA) is 72.3 Å². The van der Waals surface area contributed by atoms with E-state index < -0.39 is 0 Å². The van der Waals surface area contributed by atoms with Crippen molar-refractivity contribution in [2.45, 2.75) is 19.3 Å². The summed E-state index contributed by atoms with van der Waals surface area (Å²) in [7, 11) is 1.98. The molecule has 7 nitrogen and oxygen atoms in total. The van der Waals surface area contributed by atoms with Gasteiger partial charge < -0.3 is 19.5 Å². The number of anilines is 1. The van der Waals surface area contributed by atoms with E-state index in [0.717, 1.165) is 23.4 Å². The minimum absolute atomic E-state index is 0.110. The Kier molecular flexibility index (Phi) is 4.66. The van der Waals surface area contributed by atoms with Gasteiger partial charge in [-0.1, -0.05) is 12.1 Å². The van der Waals surface area contributed by atoms with Crippen LogP contribution in [0.25, 0.3) is 11.2 Å². The van der Waals surface area contributed by atoms with Crippen molar-refractivity contribution in [2.24, 2.45) is 7.05 Å². The first-order valence-corrected chi connectivity index (χ1v) is 9.22. The average Bonchev–Trinajstić information content (AvgIpc) is 3.29. The minimum atomic E-state index is -0.110. The van der Waals surface area contributed by atoms with Crippen LogP contribution in [-0.2, 0) is 7.05 Å². The molecule has 0 spiro atoms. The molecule has 4 rings (SSSR count). The van der Waals surface area contributed by atoms with Gasteiger partial charge in [-0.05, 0) is 37.6 Å². The van der Waals surface area contributed by atoms with Crippen molar-refractivity contribution >= 4 is 22.9 Å². The maximum Gasteiger partial charge on any atom is 0.321 e. The zero-order valence-electron chi connectivity index (χ0n) is 15.6. The number of urea groups is 1. The Hall–Kier alpha value is -3.09. The molecule has 2 aromatic heterocycles. The lowest BCUT2D eigenvalue weighted by molar-refractivity contribution is 0.221. The second-order valence-corrected chi connectivity index (χ2v) is 6.67. The van der Waals surface area contributed by atoms with E-state index in [0.29, 0.717) is 31.1 Å². The molecular weight excluding hydrogens is 342 g/mol. The minimum Gasteiger partial charge on any atom is -0.492 e. The van der Waals surface area contributed by atoms with E-state index in [1.54, 1.807) is 6.20 Å². The number of nitrogens with one attached hydrogen (secondary N) is 1. The number of rotatable bonds is 4. The van der Waals surface area contributed by atoms with Gasteiger partial charge in [-0.2, -0.15) is 0 Å². The van der Waals surface area contributed by atoms with Crippen LogP contribution in [0.3, 0.4) is 0 Å². The van der Waals surface area contributed by atoms with Crippen molar-refractivity contribution in [1.82, 2.24) is 19.4 Å². The molecule has 3 heterocycles. The average molecular weight is 365 g/mol. The van der Waals surface area contributed by atoms with Crippen LogP contribution in [0.5, 0.6) is 5.75 Å². The van der Waals surface area contributed by atoms with Gasteiger partial charge in [-0.15, -0.1) is 0 Å². The molecule has 1 aliphatic rings. The van der Waals surface area contributed by atoms with Crippen molar-refractivity contribution in [2.75, 3.05) is 25.0 Å². The Labute approximate surface area is 158 Å². The molecule has 2 amide bonds. The second-order valence-electron chi connectivity index (χ2n) is 6.67.